The molecule has 180 valence electrons. The molecule has 1 aromatic carbocycles. The van der Waals surface area contributed by atoms with Gasteiger partial charge in [0.25, 0.3) is 0 Å². The number of rotatable bonds is 7. The van der Waals surface area contributed by atoms with Gasteiger partial charge in [-0.3, -0.25) is 19.5 Å². The van der Waals surface area contributed by atoms with E-state index in [0.717, 1.165) is 12.0 Å². The van der Waals surface area contributed by atoms with Gasteiger partial charge in [0, 0.05) is 30.1 Å². The normalized spacial score (nSPS) is 27.1. The Morgan fingerprint density at radius 3 is 2.61 bits per heavy atom. The largest absolute Gasteiger partial charge is 0.356 e. The second-order valence-corrected chi connectivity index (χ2v) is 10.2. The van der Waals surface area contributed by atoms with Crippen molar-refractivity contribution in [3.05, 3.63) is 34.9 Å². The van der Waals surface area contributed by atoms with E-state index in [1.165, 1.54) is 0 Å². The number of nitrogens with one attached hydrogen (secondary N) is 2. The number of hydrazine groups is 1. The molecule has 1 aromatic rings. The summed E-state index contributed by atoms with van der Waals surface area (Å²) in [6, 6.07) is 6.95. The third-order valence-electron chi connectivity index (χ3n) is 6.83. The Labute approximate surface area is 200 Å². The first-order chi connectivity index (χ1) is 15.8. The highest BCUT2D eigenvalue weighted by atomic mass is 35.5. The van der Waals surface area contributed by atoms with Crippen molar-refractivity contribution < 1.29 is 14.4 Å². The Hall–Kier alpha value is -2.32. The third kappa shape index (κ3) is 4.82. The molecular formula is C24H34ClN5O3. The molecule has 9 heteroatoms. The summed E-state index contributed by atoms with van der Waals surface area (Å²) >= 11 is 6.00. The first kappa shape index (κ1) is 23.8. The summed E-state index contributed by atoms with van der Waals surface area (Å²) in [6.07, 6.45) is 2.10. The van der Waals surface area contributed by atoms with Crippen LogP contribution in [0.1, 0.15) is 52.0 Å². The van der Waals surface area contributed by atoms with E-state index in [-0.39, 0.29) is 35.7 Å². The van der Waals surface area contributed by atoms with Gasteiger partial charge in [0.2, 0.25) is 11.8 Å². The van der Waals surface area contributed by atoms with Crippen LogP contribution in [-0.2, 0) is 16.1 Å². The summed E-state index contributed by atoms with van der Waals surface area (Å²) in [5.74, 6) is 0.0364. The second-order valence-electron chi connectivity index (χ2n) is 9.76. The summed E-state index contributed by atoms with van der Waals surface area (Å²) in [5.41, 5.74) is 4.21. The average molecular weight is 476 g/mol. The van der Waals surface area contributed by atoms with Crippen molar-refractivity contribution in [2.45, 2.75) is 65.3 Å². The molecule has 0 radical (unpaired) electrons. The summed E-state index contributed by atoms with van der Waals surface area (Å²) < 4.78 is 0. The standard InChI is InChI=1S/C24H34ClN5O3/c1-4-11-28-22(32)19-10-7-17(21(31)26-13-15(2)3)12-20(19)30-23(28)27-29(24(30)33)14-16-5-8-18(25)9-6-16/h5-6,8-9,15,17,19-20,23,27H,4,7,10-14H2,1-3H3,(H,26,31). The summed E-state index contributed by atoms with van der Waals surface area (Å²) in [7, 11) is 0. The van der Waals surface area contributed by atoms with E-state index in [9.17, 15) is 14.4 Å². The quantitative estimate of drug-likeness (QED) is 0.634. The highest BCUT2D eigenvalue weighted by Crippen LogP contribution is 2.40. The van der Waals surface area contributed by atoms with Crippen molar-refractivity contribution in [1.29, 1.82) is 0 Å². The van der Waals surface area contributed by atoms with Crippen LogP contribution in [0.4, 0.5) is 4.79 Å². The number of amides is 4. The van der Waals surface area contributed by atoms with Crippen LogP contribution in [0.2, 0.25) is 5.02 Å². The Morgan fingerprint density at radius 2 is 1.94 bits per heavy atom. The van der Waals surface area contributed by atoms with Gasteiger partial charge >= 0.3 is 6.03 Å². The number of fused-ring (bicyclic) bond motifs is 3. The van der Waals surface area contributed by atoms with Gasteiger partial charge in [0.15, 0.2) is 6.29 Å². The lowest BCUT2D eigenvalue weighted by Gasteiger charge is -2.49. The van der Waals surface area contributed by atoms with E-state index in [2.05, 4.69) is 24.6 Å². The van der Waals surface area contributed by atoms with Crippen LogP contribution in [-0.4, -0.2) is 58.1 Å². The van der Waals surface area contributed by atoms with Crippen LogP contribution >= 0.6 is 11.6 Å². The molecule has 4 atom stereocenters. The van der Waals surface area contributed by atoms with Gasteiger partial charge in [-0.05, 0) is 49.3 Å². The maximum absolute atomic E-state index is 13.5. The molecule has 33 heavy (non-hydrogen) atoms. The van der Waals surface area contributed by atoms with Crippen molar-refractivity contribution >= 4 is 29.4 Å². The predicted molar refractivity (Wildman–Crippen MR) is 126 cm³/mol. The number of carbonyl (C=O) groups excluding carboxylic acids is 3. The molecule has 0 aromatic heterocycles. The van der Waals surface area contributed by atoms with Gasteiger partial charge < -0.3 is 10.2 Å². The van der Waals surface area contributed by atoms with E-state index in [1.807, 2.05) is 19.1 Å². The summed E-state index contributed by atoms with van der Waals surface area (Å²) in [6.45, 7) is 7.74. The second kappa shape index (κ2) is 9.89. The lowest BCUT2D eigenvalue weighted by molar-refractivity contribution is -0.158. The molecule has 3 fully saturated rings. The van der Waals surface area contributed by atoms with E-state index in [0.29, 0.717) is 49.8 Å². The first-order valence-corrected chi connectivity index (χ1v) is 12.4. The minimum Gasteiger partial charge on any atom is -0.356 e. The number of hydrogen-bond donors (Lipinski definition) is 2. The minimum atomic E-state index is -0.518. The van der Waals surface area contributed by atoms with E-state index >= 15 is 0 Å². The fraction of sp³-hybridized carbons (Fsp3) is 0.625. The Morgan fingerprint density at radius 1 is 1.21 bits per heavy atom. The Kier molecular flexibility index (Phi) is 7.14. The molecule has 0 spiro atoms. The maximum atomic E-state index is 13.5. The van der Waals surface area contributed by atoms with Gasteiger partial charge in [0.1, 0.15) is 0 Å². The van der Waals surface area contributed by atoms with Gasteiger partial charge in [-0.15, -0.1) is 0 Å². The fourth-order valence-electron chi connectivity index (χ4n) is 5.17. The van der Waals surface area contributed by atoms with Crippen molar-refractivity contribution in [2.75, 3.05) is 13.1 Å². The van der Waals surface area contributed by atoms with E-state index in [4.69, 9.17) is 11.6 Å². The number of nitrogens with zero attached hydrogens (tertiary/aromatic N) is 3. The summed E-state index contributed by atoms with van der Waals surface area (Å²) in [4.78, 5) is 43.3. The van der Waals surface area contributed by atoms with Crippen molar-refractivity contribution in [1.82, 2.24) is 25.6 Å². The van der Waals surface area contributed by atoms with Crippen molar-refractivity contribution in [3.8, 4) is 0 Å². The molecule has 8 nitrogen and oxygen atoms in total. The smallest absolute Gasteiger partial charge is 0.337 e. The number of urea groups is 1. The fourth-order valence-corrected chi connectivity index (χ4v) is 5.29. The topological polar surface area (TPSA) is 85.0 Å². The van der Waals surface area contributed by atoms with Crippen LogP contribution in [0.5, 0.6) is 0 Å². The van der Waals surface area contributed by atoms with Crippen molar-refractivity contribution in [2.24, 2.45) is 17.8 Å². The Balaban J connectivity index is 1.55. The lowest BCUT2D eigenvalue weighted by Crippen LogP contribution is -2.67. The molecule has 2 N–H and O–H groups in total. The van der Waals surface area contributed by atoms with Gasteiger partial charge in [0.05, 0.1) is 12.5 Å². The molecule has 4 amide bonds. The monoisotopic (exact) mass is 475 g/mol. The molecule has 4 unspecified atom stereocenters. The molecule has 1 aliphatic carbocycles. The number of hydrogen-bond acceptors (Lipinski definition) is 4. The number of halogens is 1. The molecular weight excluding hydrogens is 442 g/mol. The Bertz CT molecular complexity index is 893. The number of carbonyl (C=O) groups is 3. The third-order valence-corrected chi connectivity index (χ3v) is 7.08. The molecule has 2 aliphatic heterocycles. The van der Waals surface area contributed by atoms with Crippen LogP contribution in [0.25, 0.3) is 0 Å². The van der Waals surface area contributed by atoms with Gasteiger partial charge in [-0.25, -0.2) is 4.79 Å². The van der Waals surface area contributed by atoms with Crippen LogP contribution < -0.4 is 10.7 Å². The van der Waals surface area contributed by atoms with Crippen molar-refractivity contribution in [3.63, 3.8) is 0 Å². The molecule has 3 aliphatic rings. The highest BCUT2D eigenvalue weighted by Gasteiger charge is 2.55. The summed E-state index contributed by atoms with van der Waals surface area (Å²) in [5, 5.41) is 5.25. The first-order valence-electron chi connectivity index (χ1n) is 12.0. The zero-order chi connectivity index (χ0) is 23.7. The molecule has 0 bridgehead atoms. The molecule has 4 rings (SSSR count). The van der Waals surface area contributed by atoms with Gasteiger partial charge in [-0.1, -0.05) is 44.5 Å². The molecule has 2 saturated heterocycles. The minimum absolute atomic E-state index is 0.0276. The zero-order valence-corrected chi connectivity index (χ0v) is 20.3. The van der Waals surface area contributed by atoms with Crippen LogP contribution in [0, 0.1) is 17.8 Å². The maximum Gasteiger partial charge on any atom is 0.337 e. The highest BCUT2D eigenvalue weighted by molar-refractivity contribution is 6.30. The average Bonchev–Trinajstić information content (AvgIpc) is 3.12. The molecule has 2 heterocycles. The van der Waals surface area contributed by atoms with Crippen LogP contribution in [0.3, 0.4) is 0 Å². The predicted octanol–water partition coefficient (Wildman–Crippen LogP) is 3.18. The lowest BCUT2D eigenvalue weighted by atomic mass is 9.75. The SMILES string of the molecule is CCCN1C(=O)C2CCC(C(=O)NCC(C)C)CC2N2C(=O)N(Cc3ccc(Cl)cc3)NC12. The van der Waals surface area contributed by atoms with E-state index < -0.39 is 6.29 Å². The zero-order valence-electron chi connectivity index (χ0n) is 19.6. The molecule has 1 saturated carbocycles. The number of benzene rings is 1. The van der Waals surface area contributed by atoms with E-state index in [1.54, 1.807) is 26.9 Å². The van der Waals surface area contributed by atoms with Gasteiger partial charge in [-0.2, -0.15) is 5.43 Å². The van der Waals surface area contributed by atoms with Crippen LogP contribution in [0.15, 0.2) is 24.3 Å².